The predicted octanol–water partition coefficient (Wildman–Crippen LogP) is 2.99. The zero-order chi connectivity index (χ0) is 10.9. The van der Waals surface area contributed by atoms with Crippen molar-refractivity contribution < 1.29 is 35.5 Å². The second kappa shape index (κ2) is 3.87. The standard InChI is InChI=1S/C4H2ClF7O/c5-1(6)3(9,10)13-4(11,12)2(7)8/h1-2H. The van der Waals surface area contributed by atoms with Gasteiger partial charge in [-0.1, -0.05) is 11.6 Å². The number of hydrogen-bond acceptors (Lipinski definition) is 1. The Labute approximate surface area is 72.4 Å². The minimum atomic E-state index is -5.44. The lowest BCUT2D eigenvalue weighted by molar-refractivity contribution is -0.410. The smallest absolute Gasteiger partial charge is 0.247 e. The van der Waals surface area contributed by atoms with E-state index < -0.39 is 24.3 Å². The van der Waals surface area contributed by atoms with E-state index in [0.29, 0.717) is 0 Å². The zero-order valence-corrected chi connectivity index (χ0v) is 6.34. The van der Waals surface area contributed by atoms with E-state index in [4.69, 9.17) is 0 Å². The molecule has 0 aromatic carbocycles. The molecule has 0 radical (unpaired) electrons. The summed E-state index contributed by atoms with van der Waals surface area (Å²) in [6.45, 7) is 0. The first kappa shape index (κ1) is 12.8. The molecule has 0 aliphatic heterocycles. The van der Waals surface area contributed by atoms with Crippen molar-refractivity contribution in [2.24, 2.45) is 0 Å². The van der Waals surface area contributed by atoms with Crippen LogP contribution >= 0.6 is 11.6 Å². The second-order valence-electron chi connectivity index (χ2n) is 1.83. The van der Waals surface area contributed by atoms with Crippen molar-refractivity contribution in [1.29, 1.82) is 0 Å². The van der Waals surface area contributed by atoms with Crippen LogP contribution in [0.4, 0.5) is 30.7 Å². The van der Waals surface area contributed by atoms with Crippen LogP contribution in [0.15, 0.2) is 0 Å². The summed E-state index contributed by atoms with van der Waals surface area (Å²) in [4.78, 5) is 0. The molecule has 1 atom stereocenters. The number of ether oxygens (including phenoxy) is 1. The summed E-state index contributed by atoms with van der Waals surface area (Å²) in [5.74, 6) is 0. The second-order valence-corrected chi connectivity index (χ2v) is 2.21. The lowest BCUT2D eigenvalue weighted by atomic mass is 10.6. The molecule has 80 valence electrons. The van der Waals surface area contributed by atoms with Crippen LogP contribution in [0, 0.1) is 0 Å². The Balaban J connectivity index is 4.42. The van der Waals surface area contributed by atoms with Crippen LogP contribution in [0.1, 0.15) is 0 Å². The van der Waals surface area contributed by atoms with Crippen molar-refractivity contribution in [3.63, 3.8) is 0 Å². The van der Waals surface area contributed by atoms with Gasteiger partial charge in [-0.2, -0.15) is 17.6 Å². The molecule has 0 fully saturated rings. The molecule has 0 saturated heterocycles. The molecule has 0 bridgehead atoms. The van der Waals surface area contributed by atoms with Gasteiger partial charge in [0.2, 0.25) is 0 Å². The Morgan fingerprint density at radius 3 is 1.54 bits per heavy atom. The summed E-state index contributed by atoms with van der Waals surface area (Å²) in [6.07, 6.45) is -15.1. The highest BCUT2D eigenvalue weighted by Crippen LogP contribution is 2.35. The van der Waals surface area contributed by atoms with Gasteiger partial charge >= 0.3 is 18.6 Å². The fraction of sp³-hybridized carbons (Fsp3) is 1.00. The molecule has 0 aromatic rings. The third-order valence-corrected chi connectivity index (χ3v) is 1.03. The van der Waals surface area contributed by atoms with Crippen molar-refractivity contribution in [2.75, 3.05) is 0 Å². The molecule has 1 unspecified atom stereocenters. The number of halogens is 8. The molecule has 0 aliphatic carbocycles. The average Bonchev–Trinajstić information content (AvgIpc) is 1.83. The molecule has 9 heteroatoms. The van der Waals surface area contributed by atoms with Gasteiger partial charge in [-0.25, -0.2) is 17.9 Å². The Hall–Kier alpha value is -0.240. The summed E-state index contributed by atoms with van der Waals surface area (Å²) in [6, 6.07) is 0. The van der Waals surface area contributed by atoms with Gasteiger partial charge in [0.05, 0.1) is 0 Å². The summed E-state index contributed by atoms with van der Waals surface area (Å²) < 4.78 is 83.4. The maximum Gasteiger partial charge on any atom is 0.421 e. The largest absolute Gasteiger partial charge is 0.421 e. The number of rotatable bonds is 4. The summed E-state index contributed by atoms with van der Waals surface area (Å²) in [5.41, 5.74) is -3.63. The van der Waals surface area contributed by atoms with E-state index in [1.807, 2.05) is 0 Å². The van der Waals surface area contributed by atoms with Crippen LogP contribution in [0.2, 0.25) is 0 Å². The molecular formula is C4H2ClF7O. The molecule has 1 nitrogen and oxygen atoms in total. The van der Waals surface area contributed by atoms with E-state index in [2.05, 4.69) is 16.3 Å². The van der Waals surface area contributed by atoms with Crippen molar-refractivity contribution in [1.82, 2.24) is 0 Å². The van der Waals surface area contributed by atoms with Gasteiger partial charge in [0.25, 0.3) is 5.63 Å². The fourth-order valence-corrected chi connectivity index (χ4v) is 0.315. The first-order valence-corrected chi connectivity index (χ1v) is 3.05. The van der Waals surface area contributed by atoms with Crippen molar-refractivity contribution in [3.05, 3.63) is 0 Å². The summed E-state index contributed by atoms with van der Waals surface area (Å²) in [7, 11) is 0. The quantitative estimate of drug-likeness (QED) is 0.537. The molecule has 0 saturated carbocycles. The molecular weight excluding hydrogens is 232 g/mol. The molecule has 0 heterocycles. The van der Waals surface area contributed by atoms with Crippen molar-refractivity contribution in [3.8, 4) is 0 Å². The zero-order valence-electron chi connectivity index (χ0n) is 5.59. The number of alkyl halides is 8. The van der Waals surface area contributed by atoms with Gasteiger partial charge in [-0.3, -0.25) is 0 Å². The van der Waals surface area contributed by atoms with Crippen molar-refractivity contribution in [2.45, 2.75) is 24.3 Å². The van der Waals surface area contributed by atoms with E-state index in [9.17, 15) is 30.7 Å². The predicted molar refractivity (Wildman–Crippen MR) is 27.7 cm³/mol. The Morgan fingerprint density at radius 2 is 1.31 bits per heavy atom. The van der Waals surface area contributed by atoms with Crippen LogP contribution in [0.3, 0.4) is 0 Å². The SMILES string of the molecule is FC(F)C(F)(F)OC(F)(F)C(F)Cl. The van der Waals surface area contributed by atoms with Crippen LogP contribution in [0.5, 0.6) is 0 Å². The Morgan fingerprint density at radius 1 is 0.923 bits per heavy atom. The molecule has 0 aromatic heterocycles. The van der Waals surface area contributed by atoms with Gasteiger partial charge < -0.3 is 0 Å². The van der Waals surface area contributed by atoms with E-state index in [1.165, 1.54) is 0 Å². The monoisotopic (exact) mass is 234 g/mol. The van der Waals surface area contributed by atoms with Gasteiger partial charge in [-0.15, -0.1) is 0 Å². The highest BCUT2D eigenvalue weighted by atomic mass is 35.5. The molecule has 0 spiro atoms. The van der Waals surface area contributed by atoms with E-state index in [0.717, 1.165) is 0 Å². The van der Waals surface area contributed by atoms with Crippen LogP contribution in [-0.4, -0.2) is 24.3 Å². The van der Waals surface area contributed by atoms with Gasteiger partial charge in [0.15, 0.2) is 0 Å². The third kappa shape index (κ3) is 3.55. The van der Waals surface area contributed by atoms with E-state index in [-0.39, 0.29) is 0 Å². The van der Waals surface area contributed by atoms with E-state index in [1.54, 1.807) is 0 Å². The van der Waals surface area contributed by atoms with Crippen LogP contribution in [-0.2, 0) is 4.74 Å². The topological polar surface area (TPSA) is 9.23 Å². The van der Waals surface area contributed by atoms with Gasteiger partial charge in [0, 0.05) is 0 Å². The Bertz CT molecular complexity index is 152. The summed E-state index contributed by atoms with van der Waals surface area (Å²) >= 11 is 4.06. The lowest BCUT2D eigenvalue weighted by Crippen LogP contribution is -2.42. The van der Waals surface area contributed by atoms with Gasteiger partial charge in [-0.05, 0) is 0 Å². The molecule has 0 amide bonds. The van der Waals surface area contributed by atoms with Gasteiger partial charge in [0.1, 0.15) is 0 Å². The molecule has 0 aliphatic rings. The Kier molecular flexibility index (Phi) is 3.80. The minimum absolute atomic E-state index is 2.22. The fourth-order valence-electron chi connectivity index (χ4n) is 0.271. The third-order valence-electron chi connectivity index (χ3n) is 0.780. The molecule has 0 rings (SSSR count). The maximum absolute atomic E-state index is 11.9. The number of hydrogen-bond donors (Lipinski definition) is 0. The first-order valence-electron chi connectivity index (χ1n) is 2.61. The van der Waals surface area contributed by atoms with Crippen LogP contribution < -0.4 is 0 Å². The highest BCUT2D eigenvalue weighted by Gasteiger charge is 2.54. The van der Waals surface area contributed by atoms with E-state index >= 15 is 0 Å². The minimum Gasteiger partial charge on any atom is -0.247 e. The normalized spacial score (nSPS) is 16.4. The van der Waals surface area contributed by atoms with Crippen LogP contribution in [0.25, 0.3) is 0 Å². The average molecular weight is 234 g/mol. The highest BCUT2D eigenvalue weighted by molar-refractivity contribution is 6.20. The van der Waals surface area contributed by atoms with Crippen molar-refractivity contribution >= 4 is 11.6 Å². The lowest BCUT2D eigenvalue weighted by Gasteiger charge is -2.22. The maximum atomic E-state index is 11.9. The molecule has 13 heavy (non-hydrogen) atoms. The summed E-state index contributed by atoms with van der Waals surface area (Å²) in [5, 5.41) is 0. The first-order chi connectivity index (χ1) is 5.59. The molecule has 0 N–H and O–H groups in total.